The molecule has 2 aliphatic rings. The van der Waals surface area contributed by atoms with Crippen molar-refractivity contribution < 1.29 is 9.53 Å². The first-order valence-electron chi connectivity index (χ1n) is 11.2. The van der Waals surface area contributed by atoms with Gasteiger partial charge in [0.25, 0.3) is 5.91 Å². The number of amides is 1. The SMILES string of the molecule is CCCCN1CCC(c2nc(C(=O)Nc3ccccc3N3CCOCC3)cs2)CC1. The Kier molecular flexibility index (Phi) is 7.36. The number of carbonyl (C=O) groups excluding carboxylic acids is 1. The second-order valence-electron chi connectivity index (χ2n) is 8.11. The Bertz CT molecular complexity index is 826. The molecule has 2 saturated heterocycles. The fraction of sp³-hybridized carbons (Fsp3) is 0.565. The zero-order valence-electron chi connectivity index (χ0n) is 17.8. The van der Waals surface area contributed by atoms with Crippen molar-refractivity contribution in [1.29, 1.82) is 0 Å². The number of morpholine rings is 1. The maximum absolute atomic E-state index is 12.9. The molecular weight excluding hydrogens is 396 g/mol. The van der Waals surface area contributed by atoms with Crippen LogP contribution in [-0.2, 0) is 4.74 Å². The van der Waals surface area contributed by atoms with Crippen LogP contribution in [-0.4, -0.2) is 61.7 Å². The number of hydrogen-bond acceptors (Lipinski definition) is 6. The van der Waals surface area contributed by atoms with Gasteiger partial charge in [-0.2, -0.15) is 0 Å². The third-order valence-corrected chi connectivity index (χ3v) is 7.03. The summed E-state index contributed by atoms with van der Waals surface area (Å²) in [6.45, 7) is 8.84. The van der Waals surface area contributed by atoms with Gasteiger partial charge in [0, 0.05) is 24.4 Å². The van der Waals surface area contributed by atoms with Crippen molar-refractivity contribution in [1.82, 2.24) is 9.88 Å². The standard InChI is InChI=1S/C23H32N4O2S/c1-2-3-10-26-11-8-18(9-12-26)23-25-20(17-30-23)22(28)24-19-6-4-5-7-21(19)27-13-15-29-16-14-27/h4-7,17-18H,2-3,8-16H2,1H3,(H,24,28). The monoisotopic (exact) mass is 428 g/mol. The van der Waals surface area contributed by atoms with Crippen LogP contribution in [0, 0.1) is 0 Å². The molecule has 0 bridgehead atoms. The van der Waals surface area contributed by atoms with E-state index in [1.807, 2.05) is 23.6 Å². The highest BCUT2D eigenvalue weighted by Crippen LogP contribution is 2.31. The van der Waals surface area contributed by atoms with Crippen molar-refractivity contribution in [3.8, 4) is 0 Å². The van der Waals surface area contributed by atoms with E-state index in [1.165, 1.54) is 19.4 Å². The summed E-state index contributed by atoms with van der Waals surface area (Å²) in [4.78, 5) is 22.4. The number of rotatable bonds is 7. The summed E-state index contributed by atoms with van der Waals surface area (Å²) < 4.78 is 5.46. The van der Waals surface area contributed by atoms with Crippen LogP contribution in [0.3, 0.4) is 0 Å². The summed E-state index contributed by atoms with van der Waals surface area (Å²) >= 11 is 1.63. The zero-order chi connectivity index (χ0) is 20.8. The molecule has 0 saturated carbocycles. The van der Waals surface area contributed by atoms with Crippen LogP contribution in [0.4, 0.5) is 11.4 Å². The Morgan fingerprint density at radius 1 is 1.20 bits per heavy atom. The third-order valence-electron chi connectivity index (χ3n) is 6.02. The molecule has 2 fully saturated rings. The van der Waals surface area contributed by atoms with E-state index in [-0.39, 0.29) is 5.91 Å². The first-order chi connectivity index (χ1) is 14.7. The van der Waals surface area contributed by atoms with Gasteiger partial charge in [0.2, 0.25) is 0 Å². The molecule has 1 amide bonds. The van der Waals surface area contributed by atoms with Crippen molar-refractivity contribution in [3.63, 3.8) is 0 Å². The number of para-hydroxylation sites is 2. The molecule has 2 aliphatic heterocycles. The predicted octanol–water partition coefficient (Wildman–Crippen LogP) is 4.21. The summed E-state index contributed by atoms with van der Waals surface area (Å²) in [5.74, 6) is 0.355. The molecule has 7 heteroatoms. The Labute approximate surface area is 183 Å². The molecule has 0 atom stereocenters. The molecule has 1 aromatic carbocycles. The number of benzene rings is 1. The van der Waals surface area contributed by atoms with Crippen molar-refractivity contribution in [2.45, 2.75) is 38.5 Å². The molecule has 0 aliphatic carbocycles. The molecular formula is C23H32N4O2S. The van der Waals surface area contributed by atoms with Gasteiger partial charge < -0.3 is 19.9 Å². The predicted molar refractivity (Wildman–Crippen MR) is 123 cm³/mol. The van der Waals surface area contributed by atoms with Crippen LogP contribution in [0.2, 0.25) is 0 Å². The fourth-order valence-corrected chi connectivity index (χ4v) is 5.18. The lowest BCUT2D eigenvalue weighted by molar-refractivity contribution is 0.102. The number of aromatic nitrogens is 1. The number of anilines is 2. The maximum atomic E-state index is 12.9. The number of likely N-dealkylation sites (tertiary alicyclic amines) is 1. The molecule has 6 nitrogen and oxygen atoms in total. The molecule has 1 N–H and O–H groups in total. The molecule has 0 radical (unpaired) electrons. The topological polar surface area (TPSA) is 57.7 Å². The highest BCUT2D eigenvalue weighted by atomic mass is 32.1. The van der Waals surface area contributed by atoms with Crippen LogP contribution in [0.15, 0.2) is 29.6 Å². The number of hydrogen-bond donors (Lipinski definition) is 1. The third kappa shape index (κ3) is 5.20. The lowest BCUT2D eigenvalue weighted by atomic mass is 9.97. The van der Waals surface area contributed by atoms with Crippen molar-refractivity contribution in [3.05, 3.63) is 40.3 Å². The van der Waals surface area contributed by atoms with Crippen molar-refractivity contribution in [2.75, 3.05) is 56.2 Å². The Hall–Kier alpha value is -1.96. The normalized spacial score (nSPS) is 18.5. The number of nitrogens with zero attached hydrogens (tertiary/aromatic N) is 3. The molecule has 4 rings (SSSR count). The summed E-state index contributed by atoms with van der Waals surface area (Å²) in [6, 6.07) is 7.98. The fourth-order valence-electron chi connectivity index (χ4n) is 4.21. The van der Waals surface area contributed by atoms with Gasteiger partial charge in [0.15, 0.2) is 0 Å². The second kappa shape index (κ2) is 10.4. The Balaban J connectivity index is 1.37. The molecule has 30 heavy (non-hydrogen) atoms. The quantitative estimate of drug-likeness (QED) is 0.716. The molecule has 2 aromatic rings. The average molecular weight is 429 g/mol. The smallest absolute Gasteiger partial charge is 0.275 e. The van der Waals surface area contributed by atoms with Gasteiger partial charge in [0.05, 0.1) is 29.6 Å². The molecule has 1 aromatic heterocycles. The van der Waals surface area contributed by atoms with E-state index in [1.54, 1.807) is 11.3 Å². The second-order valence-corrected chi connectivity index (χ2v) is 9.00. The van der Waals surface area contributed by atoms with Gasteiger partial charge in [-0.25, -0.2) is 4.98 Å². The van der Waals surface area contributed by atoms with E-state index in [9.17, 15) is 4.79 Å². The Morgan fingerprint density at radius 2 is 1.97 bits per heavy atom. The first-order valence-corrected chi connectivity index (χ1v) is 12.0. The molecule has 162 valence electrons. The van der Waals surface area contributed by atoms with E-state index in [2.05, 4.69) is 28.1 Å². The minimum Gasteiger partial charge on any atom is -0.378 e. The van der Waals surface area contributed by atoms with Gasteiger partial charge in [-0.05, 0) is 51.0 Å². The lowest BCUT2D eigenvalue weighted by Crippen LogP contribution is -2.36. The minimum atomic E-state index is -0.126. The minimum absolute atomic E-state index is 0.126. The van der Waals surface area contributed by atoms with Gasteiger partial charge in [-0.15, -0.1) is 11.3 Å². The molecule has 0 unspecified atom stereocenters. The number of carbonyl (C=O) groups is 1. The lowest BCUT2D eigenvalue weighted by Gasteiger charge is -2.30. The van der Waals surface area contributed by atoms with E-state index in [4.69, 9.17) is 9.72 Å². The van der Waals surface area contributed by atoms with Crippen LogP contribution in [0.25, 0.3) is 0 Å². The number of unbranched alkanes of at least 4 members (excludes halogenated alkanes) is 1. The number of ether oxygens (including phenoxy) is 1. The first kappa shape index (κ1) is 21.3. The van der Waals surface area contributed by atoms with E-state index in [0.29, 0.717) is 11.6 Å². The van der Waals surface area contributed by atoms with E-state index in [0.717, 1.165) is 68.6 Å². The van der Waals surface area contributed by atoms with Crippen LogP contribution in [0.1, 0.15) is 54.0 Å². The molecule has 0 spiro atoms. The number of nitrogens with one attached hydrogen (secondary N) is 1. The zero-order valence-corrected chi connectivity index (χ0v) is 18.6. The summed E-state index contributed by atoms with van der Waals surface area (Å²) in [5.41, 5.74) is 2.41. The largest absolute Gasteiger partial charge is 0.378 e. The highest BCUT2D eigenvalue weighted by Gasteiger charge is 2.24. The average Bonchev–Trinajstić information content (AvgIpc) is 3.29. The summed E-state index contributed by atoms with van der Waals surface area (Å²) in [5, 5.41) is 6.10. The van der Waals surface area contributed by atoms with Gasteiger partial charge in [-0.1, -0.05) is 25.5 Å². The number of thiazole rings is 1. The van der Waals surface area contributed by atoms with Crippen LogP contribution >= 0.6 is 11.3 Å². The number of piperidine rings is 1. The van der Waals surface area contributed by atoms with Crippen molar-refractivity contribution >= 4 is 28.6 Å². The maximum Gasteiger partial charge on any atom is 0.275 e. The van der Waals surface area contributed by atoms with E-state index >= 15 is 0 Å². The van der Waals surface area contributed by atoms with Crippen LogP contribution < -0.4 is 10.2 Å². The van der Waals surface area contributed by atoms with E-state index < -0.39 is 0 Å². The summed E-state index contributed by atoms with van der Waals surface area (Å²) in [6.07, 6.45) is 4.80. The van der Waals surface area contributed by atoms with Gasteiger partial charge in [0.1, 0.15) is 5.69 Å². The Morgan fingerprint density at radius 3 is 2.73 bits per heavy atom. The highest BCUT2D eigenvalue weighted by molar-refractivity contribution is 7.10. The van der Waals surface area contributed by atoms with Crippen molar-refractivity contribution in [2.24, 2.45) is 0 Å². The molecule has 3 heterocycles. The van der Waals surface area contributed by atoms with Crippen LogP contribution in [0.5, 0.6) is 0 Å². The van der Waals surface area contributed by atoms with Gasteiger partial charge in [-0.3, -0.25) is 4.79 Å². The summed E-state index contributed by atoms with van der Waals surface area (Å²) in [7, 11) is 0. The van der Waals surface area contributed by atoms with Gasteiger partial charge >= 0.3 is 0 Å².